The molecule has 0 saturated carbocycles. The Morgan fingerprint density at radius 3 is 2.75 bits per heavy atom. The highest BCUT2D eigenvalue weighted by molar-refractivity contribution is 5.91. The minimum atomic E-state index is -0.774. The number of aryl methyl sites for hydroxylation is 1. The summed E-state index contributed by atoms with van der Waals surface area (Å²) >= 11 is 0. The first-order valence-electron chi connectivity index (χ1n) is 6.13. The van der Waals surface area contributed by atoms with E-state index in [1.54, 1.807) is 0 Å². The van der Waals surface area contributed by atoms with E-state index in [9.17, 15) is 9.90 Å². The molecule has 0 bridgehead atoms. The molecule has 0 aliphatic carbocycles. The molecular formula is C14H16N2O4. The van der Waals surface area contributed by atoms with Crippen LogP contribution in [0.4, 0.5) is 0 Å². The Balaban J connectivity index is 1.91. The number of rotatable bonds is 5. The van der Waals surface area contributed by atoms with Crippen LogP contribution in [0, 0.1) is 6.92 Å². The molecule has 106 valence electrons. The van der Waals surface area contributed by atoms with E-state index >= 15 is 0 Å². The van der Waals surface area contributed by atoms with Gasteiger partial charge in [-0.25, -0.2) is 0 Å². The molecule has 20 heavy (non-hydrogen) atoms. The number of hydrogen-bond donors (Lipinski definition) is 2. The molecule has 0 aliphatic rings. The minimum absolute atomic E-state index is 0.0398. The van der Waals surface area contributed by atoms with Gasteiger partial charge in [0.25, 0.3) is 11.8 Å². The Morgan fingerprint density at radius 2 is 2.15 bits per heavy atom. The van der Waals surface area contributed by atoms with Crippen molar-refractivity contribution >= 4 is 5.91 Å². The predicted molar refractivity (Wildman–Crippen MR) is 71.5 cm³/mol. The number of ether oxygens (including phenoxy) is 1. The van der Waals surface area contributed by atoms with E-state index in [4.69, 9.17) is 9.26 Å². The van der Waals surface area contributed by atoms with Crippen molar-refractivity contribution in [2.24, 2.45) is 0 Å². The van der Waals surface area contributed by atoms with Gasteiger partial charge in [0, 0.05) is 6.54 Å². The molecule has 6 nitrogen and oxygen atoms in total. The molecule has 0 spiro atoms. The van der Waals surface area contributed by atoms with Gasteiger partial charge in [0.2, 0.25) is 5.76 Å². The van der Waals surface area contributed by atoms with Crippen LogP contribution in [0.3, 0.4) is 0 Å². The van der Waals surface area contributed by atoms with Crippen LogP contribution in [0.25, 0.3) is 0 Å². The Bertz CT molecular complexity index is 577. The van der Waals surface area contributed by atoms with E-state index in [0.717, 1.165) is 11.1 Å². The summed E-state index contributed by atoms with van der Waals surface area (Å²) in [5, 5.41) is 16.1. The van der Waals surface area contributed by atoms with Crippen molar-refractivity contribution in [1.29, 1.82) is 0 Å². The molecule has 0 saturated heterocycles. The summed E-state index contributed by atoms with van der Waals surface area (Å²) in [5.41, 5.74) is 1.85. The van der Waals surface area contributed by atoms with Gasteiger partial charge in [-0.15, -0.1) is 0 Å². The maximum absolute atomic E-state index is 11.8. The van der Waals surface area contributed by atoms with E-state index in [-0.39, 0.29) is 18.2 Å². The maximum Gasteiger partial charge on any atom is 0.290 e. The molecule has 2 rings (SSSR count). The molecule has 6 heteroatoms. The first-order chi connectivity index (χ1) is 9.60. The number of benzene rings is 1. The van der Waals surface area contributed by atoms with Crippen molar-refractivity contribution in [2.45, 2.75) is 13.0 Å². The van der Waals surface area contributed by atoms with Crippen molar-refractivity contribution in [1.82, 2.24) is 10.5 Å². The van der Waals surface area contributed by atoms with E-state index in [2.05, 4.69) is 10.5 Å². The third-order valence-corrected chi connectivity index (χ3v) is 2.84. The van der Waals surface area contributed by atoms with Gasteiger partial charge in [-0.05, 0) is 17.6 Å². The zero-order valence-electron chi connectivity index (χ0n) is 11.3. The number of aromatic nitrogens is 1. The first-order valence-corrected chi connectivity index (χ1v) is 6.13. The molecule has 1 aromatic carbocycles. The molecule has 0 fully saturated rings. The van der Waals surface area contributed by atoms with Crippen LogP contribution in [-0.4, -0.2) is 29.8 Å². The van der Waals surface area contributed by atoms with Crippen molar-refractivity contribution in [2.75, 3.05) is 13.7 Å². The van der Waals surface area contributed by atoms with Crippen LogP contribution in [0.1, 0.15) is 27.8 Å². The highest BCUT2D eigenvalue weighted by Crippen LogP contribution is 2.14. The number of aliphatic hydroxyl groups excluding tert-OH is 1. The minimum Gasteiger partial charge on any atom is -0.479 e. The maximum atomic E-state index is 11.8. The standard InChI is InChI=1S/C14H16N2O4/c1-9-3-5-10(6-4-9)11(17)8-15-14(18)12-7-13(19-2)16-20-12/h3-7,11,17H,8H2,1-2H3,(H,15,18)/t11-/m1/s1. The summed E-state index contributed by atoms with van der Waals surface area (Å²) in [4.78, 5) is 11.8. The number of nitrogens with zero attached hydrogens (tertiary/aromatic N) is 1. The highest BCUT2D eigenvalue weighted by atomic mass is 16.5. The van der Waals surface area contributed by atoms with Gasteiger partial charge in [-0.3, -0.25) is 4.79 Å². The molecular weight excluding hydrogens is 260 g/mol. The Morgan fingerprint density at radius 1 is 1.45 bits per heavy atom. The van der Waals surface area contributed by atoms with Gasteiger partial charge in [0.1, 0.15) is 0 Å². The monoisotopic (exact) mass is 276 g/mol. The summed E-state index contributed by atoms with van der Waals surface area (Å²) < 4.78 is 9.62. The van der Waals surface area contributed by atoms with E-state index in [1.165, 1.54) is 13.2 Å². The first kappa shape index (κ1) is 14.1. The fourth-order valence-electron chi connectivity index (χ4n) is 1.65. The van der Waals surface area contributed by atoms with Crippen LogP contribution in [0.5, 0.6) is 5.88 Å². The summed E-state index contributed by atoms with van der Waals surface area (Å²) in [7, 11) is 1.43. The van der Waals surface area contributed by atoms with Crippen molar-refractivity contribution in [3.05, 3.63) is 47.2 Å². The molecule has 0 aliphatic heterocycles. The smallest absolute Gasteiger partial charge is 0.290 e. The Hall–Kier alpha value is -2.34. The SMILES string of the molecule is COc1cc(C(=O)NC[C@@H](O)c2ccc(C)cc2)on1. The number of amides is 1. The highest BCUT2D eigenvalue weighted by Gasteiger charge is 2.15. The van der Waals surface area contributed by atoms with Crippen LogP contribution >= 0.6 is 0 Å². The van der Waals surface area contributed by atoms with Crippen molar-refractivity contribution in [3.63, 3.8) is 0 Å². The van der Waals surface area contributed by atoms with Gasteiger partial charge in [0.15, 0.2) is 0 Å². The number of nitrogens with one attached hydrogen (secondary N) is 1. The number of carbonyl (C=O) groups excluding carboxylic acids is 1. The lowest BCUT2D eigenvalue weighted by molar-refractivity contribution is 0.0879. The third-order valence-electron chi connectivity index (χ3n) is 2.84. The molecule has 1 heterocycles. The molecule has 2 aromatic rings. The van der Waals surface area contributed by atoms with Crippen LogP contribution in [0.15, 0.2) is 34.9 Å². The van der Waals surface area contributed by atoms with Gasteiger partial charge in [-0.2, -0.15) is 0 Å². The zero-order chi connectivity index (χ0) is 14.5. The summed E-state index contributed by atoms with van der Waals surface area (Å²) in [6.45, 7) is 2.06. The largest absolute Gasteiger partial charge is 0.479 e. The summed E-state index contributed by atoms with van der Waals surface area (Å²) in [6, 6.07) is 8.84. The van der Waals surface area contributed by atoms with E-state index in [1.807, 2.05) is 31.2 Å². The topological polar surface area (TPSA) is 84.6 Å². The third kappa shape index (κ3) is 3.36. The lowest BCUT2D eigenvalue weighted by atomic mass is 10.1. The second kappa shape index (κ2) is 6.21. The molecule has 0 radical (unpaired) electrons. The number of aliphatic hydroxyl groups is 1. The summed E-state index contributed by atoms with van der Waals surface area (Å²) in [6.07, 6.45) is -0.774. The second-order valence-electron chi connectivity index (χ2n) is 4.37. The van der Waals surface area contributed by atoms with Crippen LogP contribution in [-0.2, 0) is 0 Å². The van der Waals surface area contributed by atoms with Gasteiger partial charge in [-0.1, -0.05) is 29.8 Å². The normalized spacial score (nSPS) is 11.9. The number of methoxy groups -OCH3 is 1. The quantitative estimate of drug-likeness (QED) is 0.863. The van der Waals surface area contributed by atoms with Crippen molar-refractivity contribution in [3.8, 4) is 5.88 Å². The van der Waals surface area contributed by atoms with Crippen molar-refractivity contribution < 1.29 is 19.2 Å². The Kier molecular flexibility index (Phi) is 4.37. The average molecular weight is 276 g/mol. The average Bonchev–Trinajstić information content (AvgIpc) is 2.94. The Labute approximate surface area is 116 Å². The number of carbonyl (C=O) groups is 1. The molecule has 1 amide bonds. The fraction of sp³-hybridized carbons (Fsp3) is 0.286. The van der Waals surface area contributed by atoms with Gasteiger partial charge >= 0.3 is 0 Å². The van der Waals surface area contributed by atoms with Crippen LogP contribution in [0.2, 0.25) is 0 Å². The van der Waals surface area contributed by atoms with E-state index in [0.29, 0.717) is 0 Å². The molecule has 1 atom stereocenters. The zero-order valence-corrected chi connectivity index (χ0v) is 11.3. The van der Waals surface area contributed by atoms with E-state index < -0.39 is 12.0 Å². The molecule has 0 unspecified atom stereocenters. The fourth-order valence-corrected chi connectivity index (χ4v) is 1.65. The van der Waals surface area contributed by atoms with Gasteiger partial charge in [0.05, 0.1) is 19.3 Å². The lowest BCUT2D eigenvalue weighted by Gasteiger charge is -2.11. The predicted octanol–water partition coefficient (Wildman–Crippen LogP) is 1.46. The summed E-state index contributed by atoms with van der Waals surface area (Å²) in [5.74, 6) is -0.181. The van der Waals surface area contributed by atoms with Gasteiger partial charge < -0.3 is 19.7 Å². The molecule has 1 aromatic heterocycles. The molecule has 2 N–H and O–H groups in total. The number of hydrogen-bond acceptors (Lipinski definition) is 5. The van der Waals surface area contributed by atoms with Crippen LogP contribution < -0.4 is 10.1 Å². The lowest BCUT2D eigenvalue weighted by Crippen LogP contribution is -2.28. The second-order valence-corrected chi connectivity index (χ2v) is 4.37.